The predicted octanol–water partition coefficient (Wildman–Crippen LogP) is 3.95. The predicted molar refractivity (Wildman–Crippen MR) is 116 cm³/mol. The lowest BCUT2D eigenvalue weighted by Crippen LogP contribution is -2.45. The number of nitrogens with one attached hydrogen (secondary N) is 1. The zero-order valence-corrected chi connectivity index (χ0v) is 19.1. The molecule has 1 aromatic rings. The number of alkyl carbamates (subject to hydrolysis) is 1. The van der Waals surface area contributed by atoms with E-state index in [9.17, 15) is 18.9 Å². The highest BCUT2D eigenvalue weighted by atomic mass is 32.2. The van der Waals surface area contributed by atoms with Crippen LogP contribution in [0.4, 0.5) is 4.79 Å². The Labute approximate surface area is 179 Å². The Morgan fingerprint density at radius 1 is 1.23 bits per heavy atom. The van der Waals surface area contributed by atoms with Crippen molar-refractivity contribution in [1.29, 1.82) is 0 Å². The Bertz CT molecular complexity index is 833. The minimum Gasteiger partial charge on any atom is -0.507 e. The van der Waals surface area contributed by atoms with Gasteiger partial charge in [0.05, 0.1) is 0 Å². The van der Waals surface area contributed by atoms with E-state index in [1.807, 2.05) is 30.3 Å². The molecular formula is C22H32NO6S+. The molecule has 0 aliphatic heterocycles. The summed E-state index contributed by atoms with van der Waals surface area (Å²) in [6.45, 7) is 5.25. The van der Waals surface area contributed by atoms with Crippen LogP contribution in [0.2, 0.25) is 0 Å². The monoisotopic (exact) mass is 438 g/mol. The molecule has 0 unspecified atom stereocenters. The molecule has 0 aromatic heterocycles. The maximum absolute atomic E-state index is 12.8. The van der Waals surface area contributed by atoms with Crippen LogP contribution in [0.1, 0.15) is 45.6 Å². The van der Waals surface area contributed by atoms with Gasteiger partial charge in [0.25, 0.3) is 0 Å². The molecular weight excluding hydrogens is 406 g/mol. The van der Waals surface area contributed by atoms with E-state index < -0.39 is 39.1 Å². The number of hydrogen-bond acceptors (Lipinski definition) is 6. The lowest BCUT2D eigenvalue weighted by atomic mass is 9.95. The average Bonchev–Trinajstić information content (AvgIpc) is 3.38. The van der Waals surface area contributed by atoms with Crippen molar-refractivity contribution in [2.75, 3.05) is 12.5 Å². The molecule has 7 nitrogen and oxygen atoms in total. The number of carbonyl (C=O) groups excluding carboxylic acids is 2. The molecule has 1 aliphatic rings. The third-order valence-electron chi connectivity index (χ3n) is 4.59. The minimum atomic E-state index is -2.31. The van der Waals surface area contributed by atoms with Crippen LogP contribution in [0.25, 0.3) is 0 Å². The van der Waals surface area contributed by atoms with Crippen molar-refractivity contribution in [1.82, 2.24) is 5.32 Å². The molecule has 0 radical (unpaired) electrons. The largest absolute Gasteiger partial charge is 0.507 e. The number of hydrogen-bond donors (Lipinski definition) is 2. The molecule has 1 atom stereocenters. The summed E-state index contributed by atoms with van der Waals surface area (Å²) in [4.78, 5) is 25.1. The van der Waals surface area contributed by atoms with Crippen molar-refractivity contribution >= 4 is 22.0 Å². The first-order chi connectivity index (χ1) is 13.8. The van der Waals surface area contributed by atoms with E-state index >= 15 is 0 Å². The summed E-state index contributed by atoms with van der Waals surface area (Å²) in [5.41, 5.74) is -0.597. The number of aliphatic hydroxyl groups is 1. The number of carbonyl (C=O) groups is 2. The van der Waals surface area contributed by atoms with Gasteiger partial charge in [-0.3, -0.25) is 0 Å². The molecule has 8 heteroatoms. The Morgan fingerprint density at radius 2 is 1.83 bits per heavy atom. The van der Waals surface area contributed by atoms with E-state index in [2.05, 4.69) is 5.32 Å². The second-order valence-corrected chi connectivity index (χ2v) is 11.9. The van der Waals surface area contributed by atoms with Gasteiger partial charge >= 0.3 is 12.1 Å². The highest BCUT2D eigenvalue weighted by Crippen LogP contribution is 2.54. The van der Waals surface area contributed by atoms with Gasteiger partial charge in [-0.2, -0.15) is 0 Å². The van der Waals surface area contributed by atoms with Crippen molar-refractivity contribution < 1.29 is 28.4 Å². The van der Waals surface area contributed by atoms with Gasteiger partial charge in [-0.05, 0) is 45.6 Å². The van der Waals surface area contributed by atoms with Crippen LogP contribution >= 0.6 is 0 Å². The highest BCUT2D eigenvalue weighted by Gasteiger charge is 2.51. The summed E-state index contributed by atoms with van der Waals surface area (Å²) in [5, 5.41) is 14.4. The van der Waals surface area contributed by atoms with E-state index in [4.69, 9.17) is 9.47 Å². The maximum Gasteiger partial charge on any atom is 0.408 e. The third kappa shape index (κ3) is 7.82. The Balaban J connectivity index is 2.14. The SMILES string of the molecule is CC(C)(C)OC(=O)N[C@@H](CC1(/C(O)=C/[S+](C)(C)=O)CC1)C(=O)OCc1ccccc1. The summed E-state index contributed by atoms with van der Waals surface area (Å²) >= 11 is 0. The van der Waals surface area contributed by atoms with Gasteiger partial charge in [0.15, 0.2) is 5.41 Å². The van der Waals surface area contributed by atoms with Crippen LogP contribution in [0.3, 0.4) is 0 Å². The van der Waals surface area contributed by atoms with Crippen molar-refractivity contribution in [3.05, 3.63) is 47.1 Å². The maximum atomic E-state index is 12.8. The first-order valence-corrected chi connectivity index (χ1v) is 12.3. The fourth-order valence-electron chi connectivity index (χ4n) is 2.97. The van der Waals surface area contributed by atoms with E-state index in [1.54, 1.807) is 20.8 Å². The van der Waals surface area contributed by atoms with Crippen molar-refractivity contribution in [3.63, 3.8) is 0 Å². The summed E-state index contributed by atoms with van der Waals surface area (Å²) in [5.74, 6) is -0.623. The van der Waals surface area contributed by atoms with Crippen LogP contribution in [-0.2, 0) is 35.0 Å². The molecule has 1 fully saturated rings. The van der Waals surface area contributed by atoms with Gasteiger partial charge in [0.2, 0.25) is 0 Å². The highest BCUT2D eigenvalue weighted by molar-refractivity contribution is 8.04. The lowest BCUT2D eigenvalue weighted by Gasteiger charge is -2.25. The number of esters is 1. The third-order valence-corrected chi connectivity index (χ3v) is 5.38. The molecule has 1 aromatic carbocycles. The number of aliphatic hydroxyl groups excluding tert-OH is 1. The molecule has 166 valence electrons. The minimum absolute atomic E-state index is 0.00986. The van der Waals surface area contributed by atoms with Crippen LogP contribution in [-0.4, -0.2) is 41.3 Å². The summed E-state index contributed by atoms with van der Waals surface area (Å²) < 4.78 is 22.8. The molecule has 1 saturated carbocycles. The van der Waals surface area contributed by atoms with Crippen molar-refractivity contribution in [2.45, 2.75) is 58.3 Å². The Morgan fingerprint density at radius 3 is 2.33 bits per heavy atom. The lowest BCUT2D eigenvalue weighted by molar-refractivity contribution is -0.148. The Hall–Kier alpha value is -2.35. The summed E-state index contributed by atoms with van der Waals surface area (Å²) in [6.07, 6.45) is 3.72. The molecule has 0 spiro atoms. The van der Waals surface area contributed by atoms with Crippen molar-refractivity contribution in [2.24, 2.45) is 5.41 Å². The first kappa shape index (κ1) is 23.9. The second kappa shape index (κ2) is 9.20. The quantitative estimate of drug-likeness (QED) is 0.362. The molecule has 0 heterocycles. The number of amides is 1. The zero-order valence-electron chi connectivity index (χ0n) is 18.3. The number of benzene rings is 1. The Kier molecular flexibility index (Phi) is 7.34. The molecule has 2 N–H and O–H groups in total. The topological polar surface area (TPSA) is 102 Å². The van der Waals surface area contributed by atoms with Crippen LogP contribution < -0.4 is 5.32 Å². The average molecular weight is 439 g/mol. The van der Waals surface area contributed by atoms with Gasteiger partial charge in [-0.1, -0.05) is 30.3 Å². The summed E-state index contributed by atoms with van der Waals surface area (Å²) in [7, 11) is -2.31. The number of rotatable bonds is 8. The molecule has 0 saturated heterocycles. The number of allylic oxidation sites excluding steroid dienone is 1. The van der Waals surface area contributed by atoms with Gasteiger partial charge in [0.1, 0.15) is 46.5 Å². The standard InChI is InChI=1S/C22H31NO6S/c1-21(2,3)29-20(26)23-17(19(25)28-14-16-9-7-6-8-10-16)13-22(11-12-22)18(24)15-30(4,5)27/h6-10,15,17H,11-14H2,1-5H3,(H-,23,24,26,27)/p+1/t17-/m0/s1. The van der Waals surface area contributed by atoms with Gasteiger partial charge in [0, 0.05) is 5.41 Å². The van der Waals surface area contributed by atoms with Gasteiger partial charge in [-0.15, -0.1) is 4.21 Å². The fraction of sp³-hybridized carbons (Fsp3) is 0.545. The van der Waals surface area contributed by atoms with Crippen LogP contribution in [0, 0.1) is 5.41 Å². The molecule has 1 aliphatic carbocycles. The molecule has 0 bridgehead atoms. The first-order valence-electron chi connectivity index (χ1n) is 9.85. The van der Waals surface area contributed by atoms with E-state index in [0.717, 1.165) is 5.56 Å². The smallest absolute Gasteiger partial charge is 0.408 e. The zero-order chi connectivity index (χ0) is 22.6. The van der Waals surface area contributed by atoms with E-state index in [-0.39, 0.29) is 18.8 Å². The number of ether oxygens (including phenoxy) is 2. The summed E-state index contributed by atoms with van der Waals surface area (Å²) in [6, 6.07) is 8.21. The molecule has 1 amide bonds. The van der Waals surface area contributed by atoms with E-state index in [1.165, 1.54) is 17.9 Å². The molecule has 2 rings (SSSR count). The molecule has 30 heavy (non-hydrogen) atoms. The van der Waals surface area contributed by atoms with Gasteiger partial charge in [-0.25, -0.2) is 9.59 Å². The fourth-order valence-corrected chi connectivity index (χ4v) is 3.76. The van der Waals surface area contributed by atoms with Crippen LogP contribution in [0.15, 0.2) is 41.5 Å². The van der Waals surface area contributed by atoms with Crippen molar-refractivity contribution in [3.8, 4) is 0 Å². The van der Waals surface area contributed by atoms with Gasteiger partial charge < -0.3 is 19.9 Å². The van der Waals surface area contributed by atoms with Crippen LogP contribution in [0.5, 0.6) is 0 Å². The second-order valence-electron chi connectivity index (χ2n) is 9.09. The van der Waals surface area contributed by atoms with E-state index in [0.29, 0.717) is 12.8 Å². The normalized spacial score (nSPS) is 17.0.